The predicted octanol–water partition coefficient (Wildman–Crippen LogP) is 3.08. The number of rotatable bonds is 2. The van der Waals surface area contributed by atoms with Crippen LogP contribution in [0.2, 0.25) is 0 Å². The van der Waals surface area contributed by atoms with Crippen LogP contribution in [0.25, 0.3) is 32.6 Å². The van der Waals surface area contributed by atoms with E-state index in [1.807, 2.05) is 12.1 Å². The molecule has 0 saturated heterocycles. The van der Waals surface area contributed by atoms with E-state index in [1.54, 1.807) is 24.7 Å². The Balaban J connectivity index is 1.87. The molecule has 3 heterocycles. The number of H-pyrrole nitrogens is 2. The fraction of sp³-hybridized carbons (Fsp3) is 0.0526. The molecule has 5 rings (SSSR count). The SMILES string of the molecule is O=c1[nH]ncc2c3[nH]c(Cc4cccnc4)nc3c3ccc(F)cc3c12. The van der Waals surface area contributed by atoms with Crippen molar-refractivity contribution < 1.29 is 4.39 Å². The molecule has 0 saturated carbocycles. The molecule has 0 radical (unpaired) electrons. The van der Waals surface area contributed by atoms with Crippen LogP contribution >= 0.6 is 0 Å². The molecule has 0 spiro atoms. The van der Waals surface area contributed by atoms with E-state index in [0.29, 0.717) is 28.1 Å². The number of hydrogen-bond donors (Lipinski definition) is 2. The Morgan fingerprint density at radius 3 is 2.85 bits per heavy atom. The van der Waals surface area contributed by atoms with Crippen LogP contribution in [0.1, 0.15) is 11.4 Å². The summed E-state index contributed by atoms with van der Waals surface area (Å²) in [6, 6.07) is 8.23. The summed E-state index contributed by atoms with van der Waals surface area (Å²) >= 11 is 0. The number of pyridine rings is 1. The lowest BCUT2D eigenvalue weighted by molar-refractivity contribution is 0.630. The maximum Gasteiger partial charge on any atom is 0.272 e. The Morgan fingerprint density at radius 1 is 1.08 bits per heavy atom. The standard InChI is InChI=1S/C19H12FN5O/c20-11-3-4-12-13(7-11)16-14(9-22-25-19(16)26)18-17(12)23-15(24-18)6-10-2-1-5-21-8-10/h1-5,7-9H,6H2,(H,23,24)(H,25,26). The number of nitrogens with one attached hydrogen (secondary N) is 2. The monoisotopic (exact) mass is 345 g/mol. The van der Waals surface area contributed by atoms with Crippen molar-refractivity contribution in [3.63, 3.8) is 0 Å². The van der Waals surface area contributed by atoms with Crippen LogP contribution in [0.4, 0.5) is 4.39 Å². The minimum absolute atomic E-state index is 0.358. The van der Waals surface area contributed by atoms with Crippen LogP contribution in [0.15, 0.2) is 53.7 Å². The fourth-order valence-electron chi connectivity index (χ4n) is 3.38. The van der Waals surface area contributed by atoms with Crippen LogP contribution in [0, 0.1) is 5.82 Å². The van der Waals surface area contributed by atoms with Gasteiger partial charge in [-0.05, 0) is 29.8 Å². The number of nitrogens with zero attached hydrogens (tertiary/aromatic N) is 3. The molecule has 0 aliphatic rings. The highest BCUT2D eigenvalue weighted by Crippen LogP contribution is 2.32. The normalized spacial score (nSPS) is 11.6. The quantitative estimate of drug-likeness (QED) is 0.481. The lowest BCUT2D eigenvalue weighted by Crippen LogP contribution is -2.08. The number of aromatic nitrogens is 5. The smallest absolute Gasteiger partial charge is 0.272 e. The predicted molar refractivity (Wildman–Crippen MR) is 96.5 cm³/mol. The van der Waals surface area contributed by atoms with Gasteiger partial charge in [0, 0.05) is 35.0 Å². The van der Waals surface area contributed by atoms with Gasteiger partial charge in [-0.15, -0.1) is 0 Å². The number of imidazole rings is 1. The first-order valence-corrected chi connectivity index (χ1v) is 8.07. The summed E-state index contributed by atoms with van der Waals surface area (Å²) in [5.74, 6) is 0.340. The van der Waals surface area contributed by atoms with Gasteiger partial charge in [0.25, 0.3) is 5.56 Å². The van der Waals surface area contributed by atoms with Gasteiger partial charge in [-0.3, -0.25) is 9.78 Å². The second-order valence-electron chi connectivity index (χ2n) is 6.12. The van der Waals surface area contributed by atoms with E-state index in [0.717, 1.165) is 22.3 Å². The summed E-state index contributed by atoms with van der Waals surface area (Å²) in [4.78, 5) is 24.5. The molecule has 0 bridgehead atoms. The Labute approximate surface area is 145 Å². The van der Waals surface area contributed by atoms with Crippen LogP contribution in [-0.2, 0) is 6.42 Å². The first-order valence-electron chi connectivity index (χ1n) is 8.07. The fourth-order valence-corrected chi connectivity index (χ4v) is 3.38. The molecule has 126 valence electrons. The van der Waals surface area contributed by atoms with Crippen LogP contribution in [-0.4, -0.2) is 25.1 Å². The van der Waals surface area contributed by atoms with E-state index in [9.17, 15) is 9.18 Å². The highest BCUT2D eigenvalue weighted by molar-refractivity contribution is 6.22. The first-order chi connectivity index (χ1) is 12.7. The molecule has 7 heteroatoms. The first kappa shape index (κ1) is 14.7. The minimum Gasteiger partial charge on any atom is -0.341 e. The maximum atomic E-state index is 13.8. The topological polar surface area (TPSA) is 87.3 Å². The van der Waals surface area contributed by atoms with Crippen molar-refractivity contribution in [2.24, 2.45) is 0 Å². The lowest BCUT2D eigenvalue weighted by atomic mass is 10.0. The van der Waals surface area contributed by atoms with Gasteiger partial charge in [0.2, 0.25) is 0 Å². The zero-order valence-electron chi connectivity index (χ0n) is 13.5. The molecule has 3 aromatic heterocycles. The van der Waals surface area contributed by atoms with Gasteiger partial charge < -0.3 is 4.98 Å². The molecule has 0 fully saturated rings. The van der Waals surface area contributed by atoms with Crippen molar-refractivity contribution in [2.45, 2.75) is 6.42 Å². The van der Waals surface area contributed by atoms with Gasteiger partial charge in [0.1, 0.15) is 11.6 Å². The van der Waals surface area contributed by atoms with E-state index in [4.69, 9.17) is 4.98 Å². The van der Waals surface area contributed by atoms with Gasteiger partial charge in [0.15, 0.2) is 0 Å². The largest absolute Gasteiger partial charge is 0.341 e. The summed E-state index contributed by atoms with van der Waals surface area (Å²) < 4.78 is 13.8. The number of hydrogen-bond acceptors (Lipinski definition) is 4. The van der Waals surface area contributed by atoms with E-state index in [-0.39, 0.29) is 5.56 Å². The van der Waals surface area contributed by atoms with Gasteiger partial charge in [-0.2, -0.15) is 5.10 Å². The molecule has 26 heavy (non-hydrogen) atoms. The number of fused-ring (bicyclic) bond motifs is 6. The summed E-state index contributed by atoms with van der Waals surface area (Å²) in [6.07, 6.45) is 5.64. The highest BCUT2D eigenvalue weighted by atomic mass is 19.1. The Kier molecular flexibility index (Phi) is 3.08. The van der Waals surface area contributed by atoms with Gasteiger partial charge >= 0.3 is 0 Å². The summed E-state index contributed by atoms with van der Waals surface area (Å²) in [5, 5.41) is 8.59. The van der Waals surface area contributed by atoms with Crippen molar-refractivity contribution in [3.8, 4) is 0 Å². The summed E-state index contributed by atoms with van der Waals surface area (Å²) in [5.41, 5.74) is 2.07. The van der Waals surface area contributed by atoms with E-state index in [2.05, 4.69) is 20.2 Å². The van der Waals surface area contributed by atoms with Crippen molar-refractivity contribution in [1.82, 2.24) is 25.1 Å². The molecule has 0 amide bonds. The maximum absolute atomic E-state index is 13.8. The van der Waals surface area contributed by atoms with Crippen molar-refractivity contribution >= 4 is 32.6 Å². The zero-order chi connectivity index (χ0) is 17.7. The average Bonchev–Trinajstić information content (AvgIpc) is 3.06. The summed E-state index contributed by atoms with van der Waals surface area (Å²) in [7, 11) is 0. The Hall–Kier alpha value is -3.61. The zero-order valence-corrected chi connectivity index (χ0v) is 13.5. The van der Waals surface area contributed by atoms with Crippen molar-refractivity contribution in [2.75, 3.05) is 0 Å². The molecule has 0 atom stereocenters. The van der Waals surface area contributed by atoms with Crippen molar-refractivity contribution in [3.05, 3.63) is 76.5 Å². The van der Waals surface area contributed by atoms with Gasteiger partial charge in [-0.25, -0.2) is 14.5 Å². The minimum atomic E-state index is -0.402. The molecule has 2 N–H and O–H groups in total. The van der Waals surface area contributed by atoms with E-state index in [1.165, 1.54) is 12.1 Å². The van der Waals surface area contributed by atoms with E-state index >= 15 is 0 Å². The van der Waals surface area contributed by atoms with Crippen LogP contribution in [0.5, 0.6) is 0 Å². The lowest BCUT2D eigenvalue weighted by Gasteiger charge is -2.04. The van der Waals surface area contributed by atoms with Crippen molar-refractivity contribution in [1.29, 1.82) is 0 Å². The van der Waals surface area contributed by atoms with Gasteiger partial charge in [0.05, 0.1) is 22.6 Å². The van der Waals surface area contributed by atoms with Crippen LogP contribution < -0.4 is 5.56 Å². The van der Waals surface area contributed by atoms with Gasteiger partial charge in [-0.1, -0.05) is 6.07 Å². The molecule has 6 nitrogen and oxygen atoms in total. The van der Waals surface area contributed by atoms with Crippen LogP contribution in [0.3, 0.4) is 0 Å². The second-order valence-corrected chi connectivity index (χ2v) is 6.12. The number of benzene rings is 2. The third-order valence-electron chi connectivity index (χ3n) is 4.48. The molecule has 2 aromatic carbocycles. The molecule has 5 aromatic rings. The molecule has 0 aliphatic carbocycles. The van der Waals surface area contributed by atoms with E-state index < -0.39 is 5.82 Å². The highest BCUT2D eigenvalue weighted by Gasteiger charge is 2.16. The number of aromatic amines is 2. The third-order valence-corrected chi connectivity index (χ3v) is 4.48. The molecule has 0 aliphatic heterocycles. The molecular weight excluding hydrogens is 333 g/mol. The molecular formula is C19H12FN5O. The second kappa shape index (κ2) is 5.45. The number of halogens is 1. The average molecular weight is 345 g/mol. The Bertz CT molecular complexity index is 1340. The Morgan fingerprint density at radius 2 is 2.00 bits per heavy atom. The summed E-state index contributed by atoms with van der Waals surface area (Å²) in [6.45, 7) is 0. The third kappa shape index (κ3) is 2.17. The molecule has 0 unspecified atom stereocenters.